The van der Waals surface area contributed by atoms with Crippen LogP contribution in [0.15, 0.2) is 24.3 Å². The molecule has 3 nitrogen and oxygen atoms in total. The lowest BCUT2D eigenvalue weighted by Crippen LogP contribution is -2.37. The van der Waals surface area contributed by atoms with Gasteiger partial charge in [0.1, 0.15) is 0 Å². The van der Waals surface area contributed by atoms with Gasteiger partial charge < -0.3 is 15.7 Å². The van der Waals surface area contributed by atoms with Gasteiger partial charge in [-0.05, 0) is 44.0 Å². The highest BCUT2D eigenvalue weighted by atomic mass is 16.3. The molecule has 0 aromatic heterocycles. The van der Waals surface area contributed by atoms with Crippen LogP contribution in [0.2, 0.25) is 0 Å². The van der Waals surface area contributed by atoms with Gasteiger partial charge in [-0.2, -0.15) is 0 Å². The van der Waals surface area contributed by atoms with Crippen molar-refractivity contribution < 1.29 is 5.11 Å². The SMILES string of the molecule is C[C@H](O)[C@H]1CCCN1c1ccc(N)cc1. The van der Waals surface area contributed by atoms with E-state index in [1.54, 1.807) is 0 Å². The first-order valence-electron chi connectivity index (χ1n) is 5.49. The minimum Gasteiger partial charge on any atom is -0.399 e. The topological polar surface area (TPSA) is 49.5 Å². The summed E-state index contributed by atoms with van der Waals surface area (Å²) in [6.07, 6.45) is 1.95. The molecule has 1 saturated heterocycles. The van der Waals surface area contributed by atoms with E-state index in [-0.39, 0.29) is 12.1 Å². The van der Waals surface area contributed by atoms with Gasteiger partial charge in [-0.1, -0.05) is 0 Å². The van der Waals surface area contributed by atoms with Crippen molar-refractivity contribution in [2.75, 3.05) is 17.2 Å². The number of nitrogen functional groups attached to an aromatic ring is 1. The molecule has 3 N–H and O–H groups in total. The van der Waals surface area contributed by atoms with E-state index in [1.807, 2.05) is 31.2 Å². The zero-order valence-electron chi connectivity index (χ0n) is 9.06. The molecular formula is C12H18N2O. The highest BCUT2D eigenvalue weighted by Gasteiger charge is 2.28. The van der Waals surface area contributed by atoms with Crippen molar-refractivity contribution in [3.8, 4) is 0 Å². The van der Waals surface area contributed by atoms with Crippen molar-refractivity contribution in [3.05, 3.63) is 24.3 Å². The van der Waals surface area contributed by atoms with Crippen molar-refractivity contribution in [2.24, 2.45) is 0 Å². The number of hydrogen-bond donors (Lipinski definition) is 2. The average molecular weight is 206 g/mol. The van der Waals surface area contributed by atoms with E-state index in [0.717, 1.165) is 30.8 Å². The maximum Gasteiger partial charge on any atom is 0.0715 e. The number of rotatable bonds is 2. The monoisotopic (exact) mass is 206 g/mol. The number of anilines is 2. The first kappa shape index (κ1) is 10.3. The lowest BCUT2D eigenvalue weighted by Gasteiger charge is -2.28. The van der Waals surface area contributed by atoms with Crippen LogP contribution in [0, 0.1) is 0 Å². The molecule has 15 heavy (non-hydrogen) atoms. The van der Waals surface area contributed by atoms with Gasteiger partial charge in [-0.15, -0.1) is 0 Å². The summed E-state index contributed by atoms with van der Waals surface area (Å²) < 4.78 is 0. The molecule has 3 heteroatoms. The summed E-state index contributed by atoms with van der Waals surface area (Å²) in [5, 5.41) is 9.67. The molecule has 82 valence electrons. The zero-order chi connectivity index (χ0) is 10.8. The van der Waals surface area contributed by atoms with E-state index in [9.17, 15) is 5.11 Å². The predicted molar refractivity (Wildman–Crippen MR) is 62.9 cm³/mol. The molecule has 0 radical (unpaired) electrons. The Kier molecular flexibility index (Phi) is 2.82. The minimum absolute atomic E-state index is 0.258. The molecule has 1 aliphatic heterocycles. The number of nitrogens with two attached hydrogens (primary N) is 1. The van der Waals surface area contributed by atoms with Crippen molar-refractivity contribution in [1.29, 1.82) is 0 Å². The maximum absolute atomic E-state index is 9.67. The van der Waals surface area contributed by atoms with Crippen molar-refractivity contribution >= 4 is 11.4 Å². The average Bonchev–Trinajstić information content (AvgIpc) is 2.67. The first-order valence-corrected chi connectivity index (χ1v) is 5.49. The standard InChI is InChI=1S/C12H18N2O/c1-9(15)12-3-2-8-14(12)11-6-4-10(13)5-7-11/h4-7,9,12,15H,2-3,8,13H2,1H3/t9-,12+/m0/s1. The number of benzene rings is 1. The van der Waals surface area contributed by atoms with Gasteiger partial charge in [-0.3, -0.25) is 0 Å². The van der Waals surface area contributed by atoms with E-state index in [1.165, 1.54) is 0 Å². The van der Waals surface area contributed by atoms with Gasteiger partial charge in [0.2, 0.25) is 0 Å². The Morgan fingerprint density at radius 3 is 2.67 bits per heavy atom. The predicted octanol–water partition coefficient (Wildman–Crippen LogP) is 1.62. The Morgan fingerprint density at radius 1 is 1.40 bits per heavy atom. The molecule has 1 aromatic carbocycles. The molecule has 0 bridgehead atoms. The zero-order valence-corrected chi connectivity index (χ0v) is 9.06. The van der Waals surface area contributed by atoms with E-state index < -0.39 is 0 Å². The second kappa shape index (κ2) is 4.11. The normalized spacial score (nSPS) is 23.1. The van der Waals surface area contributed by atoms with E-state index in [4.69, 9.17) is 5.73 Å². The molecule has 0 unspecified atom stereocenters. The third kappa shape index (κ3) is 2.07. The number of aliphatic hydroxyl groups excluding tert-OH is 1. The van der Waals surface area contributed by atoms with Gasteiger partial charge in [0.05, 0.1) is 12.1 Å². The summed E-state index contributed by atoms with van der Waals surface area (Å²) in [5.74, 6) is 0. The molecule has 1 aromatic rings. The third-order valence-corrected chi connectivity index (χ3v) is 3.08. The number of hydrogen-bond acceptors (Lipinski definition) is 3. The van der Waals surface area contributed by atoms with Gasteiger partial charge in [0.15, 0.2) is 0 Å². The fourth-order valence-corrected chi connectivity index (χ4v) is 2.28. The Balaban J connectivity index is 2.19. The van der Waals surface area contributed by atoms with Crippen LogP contribution in [0.5, 0.6) is 0 Å². The molecule has 2 atom stereocenters. The Hall–Kier alpha value is -1.22. The van der Waals surface area contributed by atoms with Crippen LogP contribution in [0.1, 0.15) is 19.8 Å². The van der Waals surface area contributed by atoms with Crippen LogP contribution in [0.3, 0.4) is 0 Å². The van der Waals surface area contributed by atoms with Crippen LogP contribution < -0.4 is 10.6 Å². The minimum atomic E-state index is -0.273. The number of nitrogens with zero attached hydrogens (tertiary/aromatic N) is 1. The van der Waals surface area contributed by atoms with Crippen molar-refractivity contribution in [2.45, 2.75) is 31.9 Å². The lowest BCUT2D eigenvalue weighted by atomic mass is 10.1. The summed E-state index contributed by atoms with van der Waals surface area (Å²) in [7, 11) is 0. The largest absolute Gasteiger partial charge is 0.399 e. The summed E-state index contributed by atoms with van der Waals surface area (Å²) in [4.78, 5) is 2.27. The summed E-state index contributed by atoms with van der Waals surface area (Å²) in [5.41, 5.74) is 7.60. The summed E-state index contributed by atoms with van der Waals surface area (Å²) >= 11 is 0. The number of aliphatic hydroxyl groups is 1. The third-order valence-electron chi connectivity index (χ3n) is 3.08. The van der Waals surface area contributed by atoms with Gasteiger partial charge >= 0.3 is 0 Å². The van der Waals surface area contributed by atoms with Gasteiger partial charge in [0.25, 0.3) is 0 Å². The molecular weight excluding hydrogens is 188 g/mol. The maximum atomic E-state index is 9.67. The van der Waals surface area contributed by atoms with E-state index in [0.29, 0.717) is 0 Å². The quantitative estimate of drug-likeness (QED) is 0.723. The fourth-order valence-electron chi connectivity index (χ4n) is 2.28. The van der Waals surface area contributed by atoms with Crippen molar-refractivity contribution in [1.82, 2.24) is 0 Å². The molecule has 0 amide bonds. The van der Waals surface area contributed by atoms with Crippen LogP contribution in [0.4, 0.5) is 11.4 Å². The molecule has 2 rings (SSSR count). The second-order valence-corrected chi connectivity index (χ2v) is 4.24. The molecule has 0 saturated carbocycles. The summed E-state index contributed by atoms with van der Waals surface area (Å²) in [6.45, 7) is 2.89. The lowest BCUT2D eigenvalue weighted by molar-refractivity contribution is 0.164. The Bertz CT molecular complexity index is 321. The first-order chi connectivity index (χ1) is 7.18. The Morgan fingerprint density at radius 2 is 2.07 bits per heavy atom. The highest BCUT2D eigenvalue weighted by Crippen LogP contribution is 2.27. The molecule has 1 heterocycles. The van der Waals surface area contributed by atoms with Crippen LogP contribution in [-0.4, -0.2) is 23.8 Å². The highest BCUT2D eigenvalue weighted by molar-refractivity contribution is 5.54. The molecule has 1 fully saturated rings. The van der Waals surface area contributed by atoms with Crippen LogP contribution in [0.25, 0.3) is 0 Å². The van der Waals surface area contributed by atoms with Crippen LogP contribution in [-0.2, 0) is 0 Å². The van der Waals surface area contributed by atoms with Gasteiger partial charge in [-0.25, -0.2) is 0 Å². The van der Waals surface area contributed by atoms with Crippen LogP contribution >= 0.6 is 0 Å². The van der Waals surface area contributed by atoms with E-state index in [2.05, 4.69) is 4.90 Å². The second-order valence-electron chi connectivity index (χ2n) is 4.24. The van der Waals surface area contributed by atoms with E-state index >= 15 is 0 Å². The molecule has 0 aliphatic carbocycles. The fraction of sp³-hybridized carbons (Fsp3) is 0.500. The molecule has 1 aliphatic rings. The summed E-state index contributed by atoms with van der Waals surface area (Å²) in [6, 6.07) is 8.12. The van der Waals surface area contributed by atoms with Crippen molar-refractivity contribution in [3.63, 3.8) is 0 Å². The molecule has 0 spiro atoms. The Labute approximate surface area is 90.5 Å². The smallest absolute Gasteiger partial charge is 0.0715 e. The van der Waals surface area contributed by atoms with Gasteiger partial charge in [0, 0.05) is 17.9 Å².